The zero-order chi connectivity index (χ0) is 17.0. The van der Waals surface area contributed by atoms with Gasteiger partial charge in [-0.2, -0.15) is 5.10 Å². The van der Waals surface area contributed by atoms with Gasteiger partial charge in [0.1, 0.15) is 17.5 Å². The zero-order valence-corrected chi connectivity index (χ0v) is 14.2. The monoisotopic (exact) mass is 317 g/mol. The summed E-state index contributed by atoms with van der Waals surface area (Å²) in [4.78, 5) is 12.4. The first kappa shape index (κ1) is 16.9. The number of ether oxygens (including phenoxy) is 2. The molecule has 1 amide bonds. The lowest BCUT2D eigenvalue weighted by Crippen LogP contribution is -2.33. The van der Waals surface area contributed by atoms with Gasteiger partial charge in [-0.05, 0) is 44.5 Å². The second-order valence-electron chi connectivity index (χ2n) is 5.51. The number of nitrogens with one attached hydrogen (secondary N) is 1. The van der Waals surface area contributed by atoms with Crippen molar-refractivity contribution in [2.45, 2.75) is 32.9 Å². The predicted octanol–water partition coefficient (Wildman–Crippen LogP) is 2.65. The number of amides is 1. The average molecular weight is 317 g/mol. The van der Waals surface area contributed by atoms with Crippen LogP contribution in [0.2, 0.25) is 0 Å². The van der Waals surface area contributed by atoms with Crippen molar-refractivity contribution in [2.75, 3.05) is 14.2 Å². The maximum Gasteiger partial charge on any atom is 0.245 e. The van der Waals surface area contributed by atoms with Gasteiger partial charge < -0.3 is 14.8 Å². The van der Waals surface area contributed by atoms with Crippen molar-refractivity contribution in [2.24, 2.45) is 0 Å². The molecule has 1 aromatic carbocycles. The van der Waals surface area contributed by atoms with E-state index in [9.17, 15) is 4.79 Å². The molecule has 0 aliphatic heterocycles. The number of methoxy groups -OCH3 is 2. The molecular weight excluding hydrogens is 294 g/mol. The molecule has 0 fully saturated rings. The molecule has 0 saturated heterocycles. The molecule has 6 heteroatoms. The number of hydrogen-bond acceptors (Lipinski definition) is 4. The maximum atomic E-state index is 12.4. The molecular formula is C17H23N3O3. The highest BCUT2D eigenvalue weighted by atomic mass is 16.5. The van der Waals surface area contributed by atoms with Crippen molar-refractivity contribution < 1.29 is 14.3 Å². The molecule has 2 atom stereocenters. The van der Waals surface area contributed by atoms with Gasteiger partial charge in [0, 0.05) is 11.8 Å². The smallest absolute Gasteiger partial charge is 0.245 e. The summed E-state index contributed by atoms with van der Waals surface area (Å²) < 4.78 is 12.3. The fourth-order valence-corrected chi connectivity index (χ4v) is 2.35. The Labute approximate surface area is 136 Å². The van der Waals surface area contributed by atoms with E-state index in [4.69, 9.17) is 9.47 Å². The van der Waals surface area contributed by atoms with E-state index >= 15 is 0 Å². The van der Waals surface area contributed by atoms with Gasteiger partial charge in [-0.3, -0.25) is 9.48 Å². The lowest BCUT2D eigenvalue weighted by molar-refractivity contribution is -0.124. The summed E-state index contributed by atoms with van der Waals surface area (Å²) >= 11 is 0. The van der Waals surface area contributed by atoms with Crippen LogP contribution in [0.3, 0.4) is 0 Å². The van der Waals surface area contributed by atoms with Crippen molar-refractivity contribution >= 4 is 5.91 Å². The van der Waals surface area contributed by atoms with Crippen LogP contribution in [0.1, 0.15) is 37.1 Å². The molecule has 2 unspecified atom stereocenters. The Kier molecular flexibility index (Phi) is 5.26. The number of benzene rings is 1. The number of aromatic nitrogens is 2. The molecule has 2 aromatic rings. The predicted molar refractivity (Wildman–Crippen MR) is 87.8 cm³/mol. The van der Waals surface area contributed by atoms with Crippen LogP contribution in [0.5, 0.6) is 11.5 Å². The van der Waals surface area contributed by atoms with E-state index in [2.05, 4.69) is 10.4 Å². The van der Waals surface area contributed by atoms with Crippen molar-refractivity contribution in [3.63, 3.8) is 0 Å². The van der Waals surface area contributed by atoms with E-state index < -0.39 is 0 Å². The fraction of sp³-hybridized carbons (Fsp3) is 0.412. The molecule has 23 heavy (non-hydrogen) atoms. The average Bonchev–Trinajstić information content (AvgIpc) is 2.99. The molecule has 2 rings (SSSR count). The molecule has 1 aromatic heterocycles. The van der Waals surface area contributed by atoms with Gasteiger partial charge in [0.15, 0.2) is 0 Å². The highest BCUT2D eigenvalue weighted by Gasteiger charge is 2.20. The van der Waals surface area contributed by atoms with E-state index in [0.29, 0.717) is 5.75 Å². The molecule has 0 aliphatic rings. The van der Waals surface area contributed by atoms with Gasteiger partial charge in [-0.1, -0.05) is 0 Å². The molecule has 1 heterocycles. The van der Waals surface area contributed by atoms with Crippen LogP contribution < -0.4 is 14.8 Å². The van der Waals surface area contributed by atoms with Gasteiger partial charge in [0.2, 0.25) is 5.91 Å². The Morgan fingerprint density at radius 2 is 2.00 bits per heavy atom. The van der Waals surface area contributed by atoms with E-state index in [-0.39, 0.29) is 18.0 Å². The molecule has 0 bridgehead atoms. The first-order valence-electron chi connectivity index (χ1n) is 7.49. The minimum absolute atomic E-state index is 0.106. The van der Waals surface area contributed by atoms with Crippen LogP contribution in [0.25, 0.3) is 0 Å². The Hall–Kier alpha value is -2.50. The highest BCUT2D eigenvalue weighted by molar-refractivity contribution is 5.80. The number of carbonyl (C=O) groups is 1. The number of rotatable bonds is 6. The lowest BCUT2D eigenvalue weighted by atomic mass is 10.1. The lowest BCUT2D eigenvalue weighted by Gasteiger charge is -2.20. The molecule has 124 valence electrons. The van der Waals surface area contributed by atoms with E-state index in [1.54, 1.807) is 25.1 Å². The number of carbonyl (C=O) groups excluding carboxylic acids is 1. The third-order valence-electron chi connectivity index (χ3n) is 3.77. The molecule has 0 spiro atoms. The number of hydrogen-bond donors (Lipinski definition) is 1. The first-order chi connectivity index (χ1) is 11.0. The second-order valence-corrected chi connectivity index (χ2v) is 5.51. The van der Waals surface area contributed by atoms with Gasteiger partial charge in [0.25, 0.3) is 0 Å². The topological polar surface area (TPSA) is 65.4 Å². The third kappa shape index (κ3) is 3.83. The summed E-state index contributed by atoms with van der Waals surface area (Å²) in [7, 11) is 3.21. The Morgan fingerprint density at radius 1 is 1.26 bits per heavy atom. The summed E-state index contributed by atoms with van der Waals surface area (Å²) in [5.41, 5.74) is 1.89. The Balaban J connectivity index is 2.14. The van der Waals surface area contributed by atoms with Gasteiger partial charge in [0.05, 0.1) is 26.5 Å². The summed E-state index contributed by atoms with van der Waals surface area (Å²) in [6.07, 6.45) is 3.58. The highest BCUT2D eigenvalue weighted by Crippen LogP contribution is 2.29. The summed E-state index contributed by atoms with van der Waals surface area (Å²) in [6, 6.07) is 4.92. The largest absolute Gasteiger partial charge is 0.497 e. The van der Waals surface area contributed by atoms with Gasteiger partial charge in [-0.15, -0.1) is 0 Å². The molecule has 6 nitrogen and oxygen atoms in total. The van der Waals surface area contributed by atoms with Crippen LogP contribution in [0, 0.1) is 6.92 Å². The maximum absolute atomic E-state index is 12.4. The van der Waals surface area contributed by atoms with Crippen LogP contribution in [-0.2, 0) is 4.79 Å². The standard InChI is InChI=1S/C17H23N3O3/c1-11-9-18-20(10-11)13(3)17(21)19-12(2)15-8-14(22-4)6-7-16(15)23-5/h6-10,12-13H,1-5H3,(H,19,21). The molecule has 0 aliphatic carbocycles. The van der Waals surface area contributed by atoms with Crippen molar-refractivity contribution in [3.05, 3.63) is 41.7 Å². The van der Waals surface area contributed by atoms with E-state index in [1.165, 1.54) is 0 Å². The second kappa shape index (κ2) is 7.17. The minimum atomic E-state index is -0.386. The van der Waals surface area contributed by atoms with Crippen LogP contribution in [0.4, 0.5) is 0 Å². The molecule has 1 N–H and O–H groups in total. The SMILES string of the molecule is COc1ccc(OC)c(C(C)NC(=O)C(C)n2cc(C)cn2)c1. The number of aryl methyl sites for hydroxylation is 1. The quantitative estimate of drug-likeness (QED) is 0.889. The summed E-state index contributed by atoms with van der Waals surface area (Å²) in [5, 5.41) is 7.18. The van der Waals surface area contributed by atoms with Gasteiger partial charge in [-0.25, -0.2) is 0 Å². The zero-order valence-electron chi connectivity index (χ0n) is 14.2. The van der Waals surface area contributed by atoms with Crippen LogP contribution in [0.15, 0.2) is 30.6 Å². The molecule has 0 saturated carbocycles. The Morgan fingerprint density at radius 3 is 2.57 bits per heavy atom. The van der Waals surface area contributed by atoms with Crippen molar-refractivity contribution in [1.82, 2.24) is 15.1 Å². The van der Waals surface area contributed by atoms with Crippen LogP contribution in [-0.4, -0.2) is 29.9 Å². The van der Waals surface area contributed by atoms with Gasteiger partial charge >= 0.3 is 0 Å². The minimum Gasteiger partial charge on any atom is -0.497 e. The van der Waals surface area contributed by atoms with Crippen molar-refractivity contribution in [3.8, 4) is 11.5 Å². The Bertz CT molecular complexity index is 681. The first-order valence-corrected chi connectivity index (χ1v) is 7.49. The summed E-state index contributed by atoms with van der Waals surface area (Å²) in [6.45, 7) is 5.67. The normalized spacial score (nSPS) is 13.3. The number of nitrogens with zero attached hydrogens (tertiary/aromatic N) is 2. The van der Waals surface area contributed by atoms with E-state index in [0.717, 1.165) is 16.9 Å². The van der Waals surface area contributed by atoms with E-state index in [1.807, 2.05) is 45.2 Å². The van der Waals surface area contributed by atoms with Crippen molar-refractivity contribution in [1.29, 1.82) is 0 Å². The summed E-state index contributed by atoms with van der Waals surface area (Å²) in [5.74, 6) is 1.32. The fourth-order valence-electron chi connectivity index (χ4n) is 2.35. The third-order valence-corrected chi connectivity index (χ3v) is 3.77. The van der Waals surface area contributed by atoms with Crippen LogP contribution >= 0.6 is 0 Å². The molecule has 0 radical (unpaired) electrons.